The van der Waals surface area contributed by atoms with Crippen LogP contribution in [0, 0.1) is 0 Å². The molecule has 0 aliphatic heterocycles. The van der Waals surface area contributed by atoms with Gasteiger partial charge in [0.15, 0.2) is 0 Å². The Kier molecular flexibility index (Phi) is 7.04. The summed E-state index contributed by atoms with van der Waals surface area (Å²) in [5.41, 5.74) is 5.65. The van der Waals surface area contributed by atoms with Crippen LogP contribution in [0.5, 0.6) is 0 Å². The standard InChI is InChI=1S/C15H20BrN3O3/c1-10(2)19(9-13(17)20)14(21)7-8-18-15(22)11-3-5-12(16)6-4-11/h3-6,10H,7-9H2,1-2H3,(H2,17,20)(H,18,22). The van der Waals surface area contributed by atoms with E-state index < -0.39 is 5.91 Å². The summed E-state index contributed by atoms with van der Waals surface area (Å²) in [6.07, 6.45) is 0.119. The van der Waals surface area contributed by atoms with Gasteiger partial charge in [-0.25, -0.2) is 0 Å². The first kappa shape index (κ1) is 18.2. The first-order valence-corrected chi connectivity index (χ1v) is 7.72. The van der Waals surface area contributed by atoms with Crippen molar-refractivity contribution in [2.45, 2.75) is 26.3 Å². The van der Waals surface area contributed by atoms with Gasteiger partial charge in [-0.15, -0.1) is 0 Å². The van der Waals surface area contributed by atoms with E-state index in [1.54, 1.807) is 38.1 Å². The highest BCUT2D eigenvalue weighted by Gasteiger charge is 2.18. The van der Waals surface area contributed by atoms with Gasteiger partial charge in [0.25, 0.3) is 5.91 Å². The van der Waals surface area contributed by atoms with E-state index in [9.17, 15) is 14.4 Å². The summed E-state index contributed by atoms with van der Waals surface area (Å²) in [6, 6.07) is 6.80. The van der Waals surface area contributed by atoms with Gasteiger partial charge in [0, 0.05) is 29.0 Å². The third-order valence-corrected chi connectivity index (χ3v) is 3.53. The third-order valence-electron chi connectivity index (χ3n) is 3.00. The lowest BCUT2D eigenvalue weighted by atomic mass is 10.2. The van der Waals surface area contributed by atoms with Gasteiger partial charge in [-0.3, -0.25) is 14.4 Å². The predicted molar refractivity (Wildman–Crippen MR) is 87.1 cm³/mol. The summed E-state index contributed by atoms with van der Waals surface area (Å²) >= 11 is 3.30. The van der Waals surface area contributed by atoms with Crippen molar-refractivity contribution < 1.29 is 14.4 Å². The number of nitrogens with two attached hydrogens (primary N) is 1. The lowest BCUT2D eigenvalue weighted by molar-refractivity contribution is -0.136. The molecule has 3 amide bonds. The highest BCUT2D eigenvalue weighted by atomic mass is 79.9. The Morgan fingerprint density at radius 1 is 1.23 bits per heavy atom. The number of carbonyl (C=O) groups is 3. The Labute approximate surface area is 138 Å². The number of primary amides is 1. The summed E-state index contributed by atoms with van der Waals surface area (Å²) in [6.45, 7) is 3.70. The third kappa shape index (κ3) is 5.85. The normalized spacial score (nSPS) is 10.4. The van der Waals surface area contributed by atoms with Gasteiger partial charge >= 0.3 is 0 Å². The minimum Gasteiger partial charge on any atom is -0.368 e. The van der Waals surface area contributed by atoms with E-state index >= 15 is 0 Å². The number of hydrogen-bond donors (Lipinski definition) is 2. The van der Waals surface area contributed by atoms with E-state index in [2.05, 4.69) is 21.2 Å². The van der Waals surface area contributed by atoms with Gasteiger partial charge < -0.3 is 16.0 Å². The van der Waals surface area contributed by atoms with Crippen LogP contribution < -0.4 is 11.1 Å². The van der Waals surface area contributed by atoms with E-state index in [1.165, 1.54) is 4.90 Å². The average molecular weight is 370 g/mol. The molecule has 120 valence electrons. The number of hydrogen-bond acceptors (Lipinski definition) is 3. The molecule has 0 aliphatic rings. The molecule has 0 saturated carbocycles. The zero-order valence-corrected chi connectivity index (χ0v) is 14.2. The minimum absolute atomic E-state index is 0.114. The first-order chi connectivity index (χ1) is 10.3. The summed E-state index contributed by atoms with van der Waals surface area (Å²) < 4.78 is 0.887. The van der Waals surface area contributed by atoms with Crippen LogP contribution in [0.1, 0.15) is 30.6 Å². The van der Waals surface area contributed by atoms with Crippen LogP contribution in [0.25, 0.3) is 0 Å². The Bertz CT molecular complexity index is 543. The molecule has 0 unspecified atom stereocenters. The lowest BCUT2D eigenvalue weighted by Crippen LogP contribution is -2.43. The van der Waals surface area contributed by atoms with E-state index in [0.29, 0.717) is 5.56 Å². The van der Waals surface area contributed by atoms with Gasteiger partial charge in [0.1, 0.15) is 0 Å². The topological polar surface area (TPSA) is 92.5 Å². The highest BCUT2D eigenvalue weighted by Crippen LogP contribution is 2.10. The second-order valence-electron chi connectivity index (χ2n) is 5.09. The van der Waals surface area contributed by atoms with Crippen molar-refractivity contribution in [1.29, 1.82) is 0 Å². The maximum atomic E-state index is 12.0. The molecule has 7 heteroatoms. The van der Waals surface area contributed by atoms with Gasteiger partial charge in [-0.05, 0) is 38.1 Å². The number of nitrogens with one attached hydrogen (secondary N) is 1. The van der Waals surface area contributed by atoms with Crippen molar-refractivity contribution in [1.82, 2.24) is 10.2 Å². The zero-order chi connectivity index (χ0) is 16.7. The highest BCUT2D eigenvalue weighted by molar-refractivity contribution is 9.10. The lowest BCUT2D eigenvalue weighted by Gasteiger charge is -2.25. The predicted octanol–water partition coefficient (Wildman–Crippen LogP) is 1.29. The minimum atomic E-state index is -0.555. The molecule has 6 nitrogen and oxygen atoms in total. The largest absolute Gasteiger partial charge is 0.368 e. The van der Waals surface area contributed by atoms with Crippen molar-refractivity contribution in [2.75, 3.05) is 13.1 Å². The molecular weight excluding hydrogens is 350 g/mol. The molecule has 1 aromatic carbocycles. The van der Waals surface area contributed by atoms with Crippen molar-refractivity contribution in [3.63, 3.8) is 0 Å². The zero-order valence-electron chi connectivity index (χ0n) is 12.6. The molecule has 0 bridgehead atoms. The molecular formula is C15H20BrN3O3. The molecule has 0 saturated heterocycles. The quantitative estimate of drug-likeness (QED) is 0.758. The smallest absolute Gasteiger partial charge is 0.251 e. The van der Waals surface area contributed by atoms with Crippen LogP contribution in [0.4, 0.5) is 0 Å². The van der Waals surface area contributed by atoms with Crippen molar-refractivity contribution in [3.8, 4) is 0 Å². The summed E-state index contributed by atoms with van der Waals surface area (Å²) in [5.74, 6) is -1.02. The number of amides is 3. The number of carbonyl (C=O) groups excluding carboxylic acids is 3. The first-order valence-electron chi connectivity index (χ1n) is 6.92. The maximum Gasteiger partial charge on any atom is 0.251 e. The van der Waals surface area contributed by atoms with E-state index in [0.717, 1.165) is 4.47 Å². The van der Waals surface area contributed by atoms with Crippen LogP contribution >= 0.6 is 15.9 Å². The second kappa shape index (κ2) is 8.53. The molecule has 0 atom stereocenters. The number of benzene rings is 1. The fourth-order valence-corrected chi connectivity index (χ4v) is 2.12. The van der Waals surface area contributed by atoms with Crippen molar-refractivity contribution >= 4 is 33.7 Å². The SMILES string of the molecule is CC(C)N(CC(N)=O)C(=O)CCNC(=O)c1ccc(Br)cc1. The summed E-state index contributed by atoms with van der Waals surface area (Å²) in [7, 11) is 0. The van der Waals surface area contributed by atoms with Gasteiger partial charge in [-0.1, -0.05) is 15.9 Å². The van der Waals surface area contributed by atoms with Crippen LogP contribution in [-0.2, 0) is 9.59 Å². The molecule has 0 aliphatic carbocycles. The monoisotopic (exact) mass is 369 g/mol. The van der Waals surface area contributed by atoms with Gasteiger partial charge in [0.05, 0.1) is 6.54 Å². The van der Waals surface area contributed by atoms with Crippen LogP contribution in [0.3, 0.4) is 0 Å². The Balaban J connectivity index is 2.48. The van der Waals surface area contributed by atoms with E-state index in [1.807, 2.05) is 0 Å². The Morgan fingerprint density at radius 2 is 1.82 bits per heavy atom. The fraction of sp³-hybridized carbons (Fsp3) is 0.400. The summed E-state index contributed by atoms with van der Waals surface area (Å²) in [5, 5.41) is 2.68. The second-order valence-corrected chi connectivity index (χ2v) is 6.01. The molecule has 1 aromatic rings. The molecule has 0 heterocycles. The molecule has 0 radical (unpaired) electrons. The molecule has 0 spiro atoms. The Hall–Kier alpha value is -1.89. The van der Waals surface area contributed by atoms with Crippen LogP contribution in [0.2, 0.25) is 0 Å². The van der Waals surface area contributed by atoms with Crippen LogP contribution in [0.15, 0.2) is 28.7 Å². The summed E-state index contributed by atoms with van der Waals surface area (Å²) in [4.78, 5) is 36.3. The van der Waals surface area contributed by atoms with Gasteiger partial charge in [-0.2, -0.15) is 0 Å². The molecule has 0 aromatic heterocycles. The average Bonchev–Trinajstić information content (AvgIpc) is 2.44. The molecule has 0 fully saturated rings. The maximum absolute atomic E-state index is 12.0. The number of halogens is 1. The number of nitrogens with zero attached hydrogens (tertiary/aromatic N) is 1. The van der Waals surface area contributed by atoms with Crippen LogP contribution in [-0.4, -0.2) is 41.8 Å². The fourth-order valence-electron chi connectivity index (χ4n) is 1.86. The molecule has 22 heavy (non-hydrogen) atoms. The van der Waals surface area contributed by atoms with E-state index in [4.69, 9.17) is 5.73 Å². The van der Waals surface area contributed by atoms with Crippen molar-refractivity contribution in [3.05, 3.63) is 34.3 Å². The number of rotatable bonds is 7. The van der Waals surface area contributed by atoms with E-state index in [-0.39, 0.29) is 37.4 Å². The molecule has 3 N–H and O–H groups in total. The molecule has 1 rings (SSSR count). The van der Waals surface area contributed by atoms with Crippen molar-refractivity contribution in [2.24, 2.45) is 5.73 Å². The Morgan fingerprint density at radius 3 is 2.32 bits per heavy atom. The van der Waals surface area contributed by atoms with Gasteiger partial charge in [0.2, 0.25) is 11.8 Å².